The molecule has 0 unspecified atom stereocenters. The summed E-state index contributed by atoms with van der Waals surface area (Å²) < 4.78 is 31.7. The Morgan fingerprint density at radius 3 is 2.24 bits per heavy atom. The average Bonchev–Trinajstić information content (AvgIpc) is 2.55. The first-order valence-corrected chi connectivity index (χ1v) is 6.77. The summed E-state index contributed by atoms with van der Waals surface area (Å²) in [7, 11) is 5.00. The van der Waals surface area contributed by atoms with Crippen molar-refractivity contribution in [3.05, 3.63) is 41.7 Å². The molecule has 114 valence electrons. The zero-order valence-electron chi connectivity index (χ0n) is 12.3. The number of hydrogen-bond acceptors (Lipinski definition) is 6. The summed E-state index contributed by atoms with van der Waals surface area (Å²) in [5.41, 5.74) is -0.492. The zero-order chi connectivity index (χ0) is 15.9. The molecule has 0 saturated heterocycles. The summed E-state index contributed by atoms with van der Waals surface area (Å²) >= 11 is 0. The SMILES string of the molecule is COC=C(C(=O)OC)c1ccccc1C(OC)(OC)P=O. The smallest absolute Gasteiger partial charge is 0.341 e. The lowest BCUT2D eigenvalue weighted by Crippen LogP contribution is -2.26. The van der Waals surface area contributed by atoms with Crippen LogP contribution in [0.1, 0.15) is 11.1 Å². The van der Waals surface area contributed by atoms with Gasteiger partial charge in [0.2, 0.25) is 8.46 Å². The maximum atomic E-state index is 11.9. The van der Waals surface area contributed by atoms with E-state index < -0.39 is 20.0 Å². The molecule has 0 amide bonds. The van der Waals surface area contributed by atoms with Gasteiger partial charge in [0.25, 0.3) is 5.53 Å². The van der Waals surface area contributed by atoms with Crippen molar-refractivity contribution in [2.75, 3.05) is 28.4 Å². The minimum Gasteiger partial charge on any atom is -0.503 e. The number of benzene rings is 1. The molecule has 0 bridgehead atoms. The molecule has 0 aliphatic rings. The van der Waals surface area contributed by atoms with Crippen LogP contribution in [-0.2, 0) is 33.8 Å². The molecular formula is C14H17O6P. The number of carbonyl (C=O) groups is 1. The van der Waals surface area contributed by atoms with Crippen molar-refractivity contribution in [3.63, 3.8) is 0 Å². The van der Waals surface area contributed by atoms with Crippen molar-refractivity contribution in [3.8, 4) is 0 Å². The first-order valence-electron chi connectivity index (χ1n) is 5.96. The van der Waals surface area contributed by atoms with Crippen LogP contribution in [0.2, 0.25) is 0 Å². The lowest BCUT2D eigenvalue weighted by atomic mass is 10.00. The Balaban J connectivity index is 3.54. The molecule has 6 nitrogen and oxygen atoms in total. The van der Waals surface area contributed by atoms with E-state index >= 15 is 0 Å². The van der Waals surface area contributed by atoms with Gasteiger partial charge in [-0.3, -0.25) is 4.57 Å². The van der Waals surface area contributed by atoms with Crippen LogP contribution in [-0.4, -0.2) is 34.4 Å². The zero-order valence-corrected chi connectivity index (χ0v) is 13.2. The highest BCUT2D eigenvalue weighted by Crippen LogP contribution is 2.40. The predicted octanol–water partition coefficient (Wildman–Crippen LogP) is 2.54. The van der Waals surface area contributed by atoms with Crippen LogP contribution in [0.25, 0.3) is 5.57 Å². The van der Waals surface area contributed by atoms with Gasteiger partial charge in [-0.15, -0.1) is 0 Å². The Morgan fingerprint density at radius 1 is 1.14 bits per heavy atom. The van der Waals surface area contributed by atoms with Crippen LogP contribution in [0.4, 0.5) is 0 Å². The molecule has 0 spiro atoms. The van der Waals surface area contributed by atoms with Gasteiger partial charge < -0.3 is 18.9 Å². The van der Waals surface area contributed by atoms with Crippen LogP contribution < -0.4 is 0 Å². The van der Waals surface area contributed by atoms with Crippen LogP contribution >= 0.6 is 8.46 Å². The van der Waals surface area contributed by atoms with E-state index in [-0.39, 0.29) is 5.57 Å². The van der Waals surface area contributed by atoms with Gasteiger partial charge in [-0.2, -0.15) is 0 Å². The second-order valence-corrected chi connectivity index (χ2v) is 4.66. The van der Waals surface area contributed by atoms with Crippen molar-refractivity contribution >= 4 is 20.0 Å². The number of rotatable bonds is 7. The largest absolute Gasteiger partial charge is 0.503 e. The molecule has 7 heteroatoms. The minimum absolute atomic E-state index is 0.165. The van der Waals surface area contributed by atoms with Gasteiger partial charge in [-0.1, -0.05) is 24.3 Å². The van der Waals surface area contributed by atoms with Gasteiger partial charge in [-0.05, 0) is 0 Å². The molecule has 0 N–H and O–H groups in total. The number of esters is 1. The Hall–Kier alpha value is -1.75. The topological polar surface area (TPSA) is 71.1 Å². The van der Waals surface area contributed by atoms with E-state index in [4.69, 9.17) is 18.9 Å². The fourth-order valence-corrected chi connectivity index (χ4v) is 2.31. The molecule has 0 saturated carbocycles. The summed E-state index contributed by atoms with van der Waals surface area (Å²) in [5, 5.41) is 0. The van der Waals surface area contributed by atoms with Gasteiger partial charge in [0.05, 0.1) is 20.5 Å². The van der Waals surface area contributed by atoms with Crippen LogP contribution in [0.15, 0.2) is 30.5 Å². The second kappa shape index (κ2) is 7.88. The molecule has 0 aliphatic carbocycles. The normalized spacial score (nSPS) is 12.3. The van der Waals surface area contributed by atoms with Crippen molar-refractivity contribution in [2.24, 2.45) is 0 Å². The lowest BCUT2D eigenvalue weighted by molar-refractivity contribution is -0.145. The molecule has 0 aromatic heterocycles. The molecule has 1 rings (SSSR count). The van der Waals surface area contributed by atoms with Gasteiger partial charge >= 0.3 is 5.97 Å². The predicted molar refractivity (Wildman–Crippen MR) is 76.7 cm³/mol. The molecule has 0 fully saturated rings. The molecule has 0 radical (unpaired) electrons. The van der Waals surface area contributed by atoms with Crippen LogP contribution in [0.5, 0.6) is 0 Å². The first-order chi connectivity index (χ1) is 10.1. The second-order valence-electron chi connectivity index (χ2n) is 3.89. The third-order valence-corrected chi connectivity index (χ3v) is 3.72. The van der Waals surface area contributed by atoms with Gasteiger partial charge in [0.15, 0.2) is 0 Å². The summed E-state index contributed by atoms with van der Waals surface area (Å²) in [4.78, 5) is 11.9. The Bertz CT molecular complexity index is 536. The molecular weight excluding hydrogens is 295 g/mol. The van der Waals surface area contributed by atoms with Crippen molar-refractivity contribution in [1.82, 2.24) is 0 Å². The molecule has 0 aliphatic heterocycles. The molecule has 0 heterocycles. The first kappa shape index (κ1) is 17.3. The Kier molecular flexibility index (Phi) is 6.49. The van der Waals surface area contributed by atoms with Crippen molar-refractivity contribution in [1.29, 1.82) is 0 Å². The third kappa shape index (κ3) is 3.47. The fraction of sp³-hybridized carbons (Fsp3) is 0.357. The molecule has 0 atom stereocenters. The minimum atomic E-state index is -1.52. The number of hydrogen-bond donors (Lipinski definition) is 0. The summed E-state index contributed by atoms with van der Waals surface area (Å²) in [6, 6.07) is 6.76. The van der Waals surface area contributed by atoms with Crippen molar-refractivity contribution in [2.45, 2.75) is 5.53 Å². The highest BCUT2D eigenvalue weighted by atomic mass is 31.1. The van der Waals surface area contributed by atoms with Gasteiger partial charge in [0.1, 0.15) is 5.57 Å². The Morgan fingerprint density at radius 2 is 1.76 bits per heavy atom. The summed E-state index contributed by atoms with van der Waals surface area (Å²) in [6.07, 6.45) is 1.25. The summed E-state index contributed by atoms with van der Waals surface area (Å²) in [6.45, 7) is 0. The highest BCUT2D eigenvalue weighted by molar-refractivity contribution is 7.24. The van der Waals surface area contributed by atoms with E-state index in [1.54, 1.807) is 24.3 Å². The van der Waals surface area contributed by atoms with Crippen molar-refractivity contribution < 1.29 is 28.3 Å². The average molecular weight is 312 g/mol. The van der Waals surface area contributed by atoms with E-state index in [0.717, 1.165) is 0 Å². The van der Waals surface area contributed by atoms with Gasteiger partial charge in [-0.25, -0.2) is 4.79 Å². The fourth-order valence-electron chi connectivity index (χ4n) is 1.87. The van der Waals surface area contributed by atoms with Gasteiger partial charge in [0, 0.05) is 25.3 Å². The lowest BCUT2D eigenvalue weighted by Gasteiger charge is -2.26. The van der Waals surface area contributed by atoms with E-state index in [1.165, 1.54) is 34.7 Å². The molecule has 1 aromatic carbocycles. The van der Waals surface area contributed by atoms with E-state index in [9.17, 15) is 9.36 Å². The monoisotopic (exact) mass is 312 g/mol. The quantitative estimate of drug-likeness (QED) is 0.253. The maximum Gasteiger partial charge on any atom is 0.341 e. The maximum absolute atomic E-state index is 11.9. The molecule has 1 aromatic rings. The number of methoxy groups -OCH3 is 4. The summed E-state index contributed by atoms with van der Waals surface area (Å²) in [5.74, 6) is -0.590. The number of carbonyl (C=O) groups excluding carboxylic acids is 1. The Labute approximate surface area is 124 Å². The van der Waals surface area contributed by atoms with E-state index in [0.29, 0.717) is 11.1 Å². The standard InChI is InChI=1S/C14H17O6P/c1-17-9-11(13(15)18-2)10-7-5-6-8-12(10)14(19-3,20-4)21-16/h5-9H,1-4H3. The third-order valence-electron chi connectivity index (χ3n) is 2.87. The number of ether oxygens (including phenoxy) is 4. The molecule has 21 heavy (non-hydrogen) atoms. The highest BCUT2D eigenvalue weighted by Gasteiger charge is 2.37. The van der Waals surface area contributed by atoms with E-state index in [1.807, 2.05) is 0 Å². The van der Waals surface area contributed by atoms with Crippen LogP contribution in [0.3, 0.4) is 0 Å². The van der Waals surface area contributed by atoms with E-state index in [2.05, 4.69) is 0 Å². The van der Waals surface area contributed by atoms with Crippen LogP contribution in [0, 0.1) is 0 Å².